The minimum Gasteiger partial charge on any atom is -0.389 e. The Bertz CT molecular complexity index is 623. The van der Waals surface area contributed by atoms with Gasteiger partial charge in [-0.15, -0.1) is 0 Å². The molecule has 0 saturated carbocycles. The van der Waals surface area contributed by atoms with Crippen molar-refractivity contribution in [2.75, 3.05) is 26.7 Å². The van der Waals surface area contributed by atoms with Crippen LogP contribution in [0.4, 0.5) is 0 Å². The van der Waals surface area contributed by atoms with Gasteiger partial charge in [0.1, 0.15) is 0 Å². The van der Waals surface area contributed by atoms with Crippen LogP contribution in [-0.2, 0) is 17.7 Å². The first-order valence-electron chi connectivity index (χ1n) is 8.88. The number of aliphatic hydroxyl groups is 1. The van der Waals surface area contributed by atoms with Gasteiger partial charge in [0.05, 0.1) is 30.6 Å². The topological polar surface area (TPSA) is 57.6 Å². The van der Waals surface area contributed by atoms with Gasteiger partial charge in [-0.1, -0.05) is 36.4 Å². The fraction of sp³-hybridized carbons (Fsp3) is 0.450. The zero-order chi connectivity index (χ0) is 17.5. The van der Waals surface area contributed by atoms with Gasteiger partial charge in [-0.3, -0.25) is 4.98 Å². The molecule has 0 bridgehead atoms. The SMILES string of the molecule is CN(CCc1ccccc1)C[C@@H]1OC[C@H](NCc2ccccn2)[C@H]1O. The van der Waals surface area contributed by atoms with Crippen molar-refractivity contribution in [2.45, 2.75) is 31.2 Å². The molecule has 2 aromatic rings. The molecule has 25 heavy (non-hydrogen) atoms. The molecule has 1 saturated heterocycles. The lowest BCUT2D eigenvalue weighted by Gasteiger charge is -2.24. The number of nitrogens with zero attached hydrogens (tertiary/aromatic N) is 2. The highest BCUT2D eigenvalue weighted by Crippen LogP contribution is 2.16. The fourth-order valence-corrected chi connectivity index (χ4v) is 3.13. The van der Waals surface area contributed by atoms with Gasteiger partial charge in [0.2, 0.25) is 0 Å². The van der Waals surface area contributed by atoms with Gasteiger partial charge in [-0.05, 0) is 31.2 Å². The second-order valence-corrected chi connectivity index (χ2v) is 6.67. The maximum atomic E-state index is 10.5. The molecule has 5 nitrogen and oxygen atoms in total. The van der Waals surface area contributed by atoms with Gasteiger partial charge in [0.15, 0.2) is 0 Å². The van der Waals surface area contributed by atoms with Crippen molar-refractivity contribution in [3.8, 4) is 0 Å². The molecule has 1 fully saturated rings. The molecule has 3 atom stereocenters. The average molecular weight is 341 g/mol. The fourth-order valence-electron chi connectivity index (χ4n) is 3.13. The van der Waals surface area contributed by atoms with E-state index in [9.17, 15) is 5.11 Å². The summed E-state index contributed by atoms with van der Waals surface area (Å²) in [6.07, 6.45) is 2.13. The summed E-state index contributed by atoms with van der Waals surface area (Å²) in [6.45, 7) is 2.85. The molecular weight excluding hydrogens is 314 g/mol. The van der Waals surface area contributed by atoms with Crippen LogP contribution in [0.5, 0.6) is 0 Å². The minimum absolute atomic E-state index is 0.0467. The van der Waals surface area contributed by atoms with Crippen LogP contribution in [0, 0.1) is 0 Å². The molecule has 0 spiro atoms. The van der Waals surface area contributed by atoms with Crippen LogP contribution in [0.1, 0.15) is 11.3 Å². The predicted octanol–water partition coefficient (Wildman–Crippen LogP) is 1.47. The number of benzene rings is 1. The van der Waals surface area contributed by atoms with E-state index >= 15 is 0 Å². The first-order chi connectivity index (χ1) is 12.2. The number of nitrogens with one attached hydrogen (secondary N) is 1. The number of rotatable bonds is 8. The van der Waals surface area contributed by atoms with Gasteiger partial charge in [0.25, 0.3) is 0 Å². The molecule has 1 aromatic carbocycles. The highest BCUT2D eigenvalue weighted by Gasteiger charge is 2.35. The quantitative estimate of drug-likeness (QED) is 0.762. The maximum absolute atomic E-state index is 10.5. The predicted molar refractivity (Wildman–Crippen MR) is 98.3 cm³/mol. The lowest BCUT2D eigenvalue weighted by molar-refractivity contribution is 0.0202. The second-order valence-electron chi connectivity index (χ2n) is 6.67. The summed E-state index contributed by atoms with van der Waals surface area (Å²) >= 11 is 0. The van der Waals surface area contributed by atoms with E-state index in [0.717, 1.165) is 25.2 Å². The van der Waals surface area contributed by atoms with E-state index in [4.69, 9.17) is 4.74 Å². The molecule has 134 valence electrons. The summed E-state index contributed by atoms with van der Waals surface area (Å²) in [7, 11) is 2.08. The normalized spacial score (nSPS) is 23.2. The lowest BCUT2D eigenvalue weighted by Crippen LogP contribution is -2.44. The molecule has 0 unspecified atom stereocenters. The van der Waals surface area contributed by atoms with E-state index in [1.165, 1.54) is 5.56 Å². The van der Waals surface area contributed by atoms with Crippen LogP contribution in [0.3, 0.4) is 0 Å². The maximum Gasteiger partial charge on any atom is 0.0989 e. The molecule has 0 aliphatic carbocycles. The lowest BCUT2D eigenvalue weighted by atomic mass is 10.1. The summed E-state index contributed by atoms with van der Waals surface area (Å²) in [5, 5.41) is 13.9. The Balaban J connectivity index is 1.41. The van der Waals surface area contributed by atoms with Crippen LogP contribution >= 0.6 is 0 Å². The third-order valence-electron chi connectivity index (χ3n) is 4.67. The molecule has 1 aromatic heterocycles. The van der Waals surface area contributed by atoms with E-state index in [2.05, 4.69) is 46.5 Å². The van der Waals surface area contributed by atoms with E-state index in [1.54, 1.807) is 6.20 Å². The molecule has 1 aliphatic rings. The largest absolute Gasteiger partial charge is 0.389 e. The van der Waals surface area contributed by atoms with Crippen molar-refractivity contribution in [2.24, 2.45) is 0 Å². The molecule has 2 N–H and O–H groups in total. The Morgan fingerprint density at radius 2 is 2.00 bits per heavy atom. The Morgan fingerprint density at radius 3 is 2.76 bits per heavy atom. The summed E-state index contributed by atoms with van der Waals surface area (Å²) in [5.74, 6) is 0. The van der Waals surface area contributed by atoms with Crippen molar-refractivity contribution in [1.82, 2.24) is 15.2 Å². The van der Waals surface area contributed by atoms with Crippen LogP contribution in [-0.4, -0.2) is 60.0 Å². The van der Waals surface area contributed by atoms with Crippen molar-refractivity contribution < 1.29 is 9.84 Å². The molecule has 2 heterocycles. The zero-order valence-corrected chi connectivity index (χ0v) is 14.7. The average Bonchev–Trinajstić information content (AvgIpc) is 3.00. The summed E-state index contributed by atoms with van der Waals surface area (Å²) in [6, 6.07) is 16.3. The number of pyridine rings is 1. The van der Waals surface area contributed by atoms with Crippen molar-refractivity contribution in [1.29, 1.82) is 0 Å². The zero-order valence-electron chi connectivity index (χ0n) is 14.7. The molecular formula is C20H27N3O2. The van der Waals surface area contributed by atoms with E-state index in [0.29, 0.717) is 13.2 Å². The van der Waals surface area contributed by atoms with Gasteiger partial charge in [-0.25, -0.2) is 0 Å². The Kier molecular flexibility index (Phi) is 6.53. The minimum atomic E-state index is -0.497. The van der Waals surface area contributed by atoms with Gasteiger partial charge >= 0.3 is 0 Å². The monoisotopic (exact) mass is 341 g/mol. The number of hydrogen-bond donors (Lipinski definition) is 2. The van der Waals surface area contributed by atoms with Crippen molar-refractivity contribution in [3.05, 3.63) is 66.0 Å². The van der Waals surface area contributed by atoms with Crippen molar-refractivity contribution in [3.63, 3.8) is 0 Å². The summed E-state index contributed by atoms with van der Waals surface area (Å²) in [4.78, 5) is 6.52. The van der Waals surface area contributed by atoms with Crippen LogP contribution in [0.2, 0.25) is 0 Å². The van der Waals surface area contributed by atoms with E-state index in [-0.39, 0.29) is 12.1 Å². The van der Waals surface area contributed by atoms with E-state index in [1.807, 2.05) is 24.3 Å². The Morgan fingerprint density at radius 1 is 1.20 bits per heavy atom. The standard InChI is InChI=1S/C20H27N3O2/c1-23(12-10-16-7-3-2-4-8-16)14-19-20(24)18(15-25-19)22-13-17-9-5-6-11-21-17/h2-9,11,18-20,22,24H,10,12-15H2,1H3/t18-,19-,20+/m0/s1. The van der Waals surface area contributed by atoms with Gasteiger partial charge in [-0.2, -0.15) is 0 Å². The van der Waals surface area contributed by atoms with E-state index < -0.39 is 6.10 Å². The Labute approximate surface area is 149 Å². The smallest absolute Gasteiger partial charge is 0.0989 e. The molecule has 0 radical (unpaired) electrons. The highest BCUT2D eigenvalue weighted by molar-refractivity contribution is 5.14. The third-order valence-corrected chi connectivity index (χ3v) is 4.67. The molecule has 1 aliphatic heterocycles. The Hall–Kier alpha value is -1.79. The summed E-state index contributed by atoms with van der Waals surface area (Å²) < 4.78 is 5.81. The first kappa shape index (κ1) is 18.0. The van der Waals surface area contributed by atoms with Crippen LogP contribution in [0.15, 0.2) is 54.7 Å². The number of aliphatic hydroxyl groups excluding tert-OH is 1. The van der Waals surface area contributed by atoms with Gasteiger partial charge in [0, 0.05) is 25.8 Å². The summed E-state index contributed by atoms with van der Waals surface area (Å²) in [5.41, 5.74) is 2.30. The molecule has 0 amide bonds. The molecule has 5 heteroatoms. The number of hydrogen-bond acceptors (Lipinski definition) is 5. The second kappa shape index (κ2) is 9.06. The highest BCUT2D eigenvalue weighted by atomic mass is 16.5. The number of aromatic nitrogens is 1. The van der Waals surface area contributed by atoms with Gasteiger partial charge < -0.3 is 20.1 Å². The molecule has 3 rings (SSSR count). The third kappa shape index (κ3) is 5.34. The first-order valence-corrected chi connectivity index (χ1v) is 8.88. The van der Waals surface area contributed by atoms with Crippen LogP contribution in [0.25, 0.3) is 0 Å². The van der Waals surface area contributed by atoms with Crippen LogP contribution < -0.4 is 5.32 Å². The number of ether oxygens (including phenoxy) is 1. The number of likely N-dealkylation sites (N-methyl/N-ethyl adjacent to an activating group) is 1. The van der Waals surface area contributed by atoms with Crippen molar-refractivity contribution >= 4 is 0 Å².